The van der Waals surface area contributed by atoms with Gasteiger partial charge in [0.1, 0.15) is 23.1 Å². The first-order chi connectivity index (χ1) is 18.8. The number of hydrogen-bond donors (Lipinski definition) is 2. The Morgan fingerprint density at radius 1 is 0.974 bits per heavy atom. The smallest absolute Gasteiger partial charge is 0.243 e. The van der Waals surface area contributed by atoms with Crippen LogP contribution in [0.4, 0.5) is 5.82 Å². The number of likely N-dealkylation sites (N-methyl/N-ethyl adjacent to an activating group) is 1. The number of hydrogen-bond acceptors (Lipinski definition) is 9. The maximum absolute atomic E-state index is 11.1. The van der Waals surface area contributed by atoms with Crippen molar-refractivity contribution in [3.63, 3.8) is 0 Å². The van der Waals surface area contributed by atoms with Crippen LogP contribution in [0, 0.1) is 13.8 Å². The van der Waals surface area contributed by atoms with E-state index in [1.807, 2.05) is 26.0 Å². The van der Waals surface area contributed by atoms with Gasteiger partial charge in [-0.1, -0.05) is 0 Å². The lowest BCUT2D eigenvalue weighted by atomic mass is 10.0. The summed E-state index contributed by atoms with van der Waals surface area (Å²) < 4.78 is 17.4. The minimum absolute atomic E-state index is 0.308. The van der Waals surface area contributed by atoms with Crippen molar-refractivity contribution in [3.8, 4) is 28.6 Å². The summed E-state index contributed by atoms with van der Waals surface area (Å²) in [7, 11) is 5.44. The maximum Gasteiger partial charge on any atom is 0.243 e. The number of carbonyl (C=O) groups is 1. The summed E-state index contributed by atoms with van der Waals surface area (Å²) in [6.45, 7) is 8.27. The number of anilines is 1. The van der Waals surface area contributed by atoms with Crippen LogP contribution < -0.4 is 24.6 Å². The lowest BCUT2D eigenvalue weighted by Gasteiger charge is -2.34. The molecule has 0 spiro atoms. The summed E-state index contributed by atoms with van der Waals surface area (Å²) in [5.74, 6) is 3.39. The van der Waals surface area contributed by atoms with Gasteiger partial charge < -0.3 is 24.0 Å². The van der Waals surface area contributed by atoms with Crippen molar-refractivity contribution in [1.29, 1.82) is 0 Å². The molecule has 0 atom stereocenters. The Hall–Kier alpha value is -3.63. The van der Waals surface area contributed by atoms with Crippen molar-refractivity contribution in [2.45, 2.75) is 39.5 Å². The Bertz CT molecular complexity index is 1280. The average Bonchev–Trinajstić information content (AvgIpc) is 2.94. The second-order valence-electron chi connectivity index (χ2n) is 10.0. The minimum Gasteiger partial charge on any atom is -0.497 e. The Kier molecular flexibility index (Phi) is 9.42. The van der Waals surface area contributed by atoms with E-state index >= 15 is 0 Å². The van der Waals surface area contributed by atoms with Crippen LogP contribution in [0.15, 0.2) is 24.3 Å². The van der Waals surface area contributed by atoms with Crippen LogP contribution in [-0.2, 0) is 4.79 Å². The number of carbonyl (C=O) groups excluding carboxylic acids is 1. The molecule has 1 fully saturated rings. The number of fused-ring (bicyclic) bond motifs is 1. The summed E-state index contributed by atoms with van der Waals surface area (Å²) in [6, 6.07) is 7.96. The summed E-state index contributed by atoms with van der Waals surface area (Å²) in [4.78, 5) is 25.8. The highest BCUT2D eigenvalue weighted by Gasteiger charge is 2.23. The van der Waals surface area contributed by atoms with Gasteiger partial charge in [-0.05, 0) is 63.4 Å². The summed E-state index contributed by atoms with van der Waals surface area (Å²) in [5, 5.41) is 9.48. The quantitative estimate of drug-likeness (QED) is 0.212. The predicted molar refractivity (Wildman–Crippen MR) is 151 cm³/mol. The first-order valence-corrected chi connectivity index (χ1v) is 13.4. The number of rotatable bonds is 11. The van der Waals surface area contributed by atoms with E-state index in [0.717, 1.165) is 78.2 Å². The predicted octanol–water partition coefficient (Wildman–Crippen LogP) is 4.13. The van der Waals surface area contributed by atoms with Gasteiger partial charge in [0.05, 0.1) is 31.7 Å². The Labute approximate surface area is 229 Å². The number of nitrogens with one attached hydrogen (secondary N) is 1. The van der Waals surface area contributed by atoms with Crippen LogP contribution in [0.5, 0.6) is 17.2 Å². The summed E-state index contributed by atoms with van der Waals surface area (Å²) in [6.07, 6.45) is 2.68. The standard InChI is InChI=1S/C29H39N5O5/c1-19-15-21(16-20(2)27(19)39-14-8-6-7-9-25(35)32-36)28-30-23-17-22(37-4)18-24(38-5)26(23)29(31-28)34-12-10-33(3)11-13-34/h15-18,36H,6-14H2,1-5H3,(H,32,35). The maximum atomic E-state index is 11.1. The third-order valence-electron chi connectivity index (χ3n) is 7.11. The SMILES string of the molecule is COc1cc(OC)c2c(N3CCN(C)CC3)nc(-c3cc(C)c(OCCCCCC(=O)NO)c(C)c3)nc2c1. The van der Waals surface area contributed by atoms with Crippen molar-refractivity contribution >= 4 is 22.6 Å². The van der Waals surface area contributed by atoms with Gasteiger partial charge in [0.15, 0.2) is 5.82 Å². The molecule has 10 heteroatoms. The molecule has 0 saturated carbocycles. The molecule has 2 N–H and O–H groups in total. The van der Waals surface area contributed by atoms with Crippen LogP contribution in [0.2, 0.25) is 0 Å². The zero-order valence-corrected chi connectivity index (χ0v) is 23.5. The molecule has 0 radical (unpaired) electrons. The molecule has 1 saturated heterocycles. The second-order valence-corrected chi connectivity index (χ2v) is 10.0. The highest BCUT2D eigenvalue weighted by Crippen LogP contribution is 2.38. The van der Waals surface area contributed by atoms with Gasteiger partial charge >= 0.3 is 0 Å². The number of benzene rings is 2. The summed E-state index contributed by atoms with van der Waals surface area (Å²) >= 11 is 0. The van der Waals surface area contributed by atoms with Gasteiger partial charge in [0.2, 0.25) is 5.91 Å². The number of unbranched alkanes of at least 4 members (excludes halogenated alkanes) is 2. The van der Waals surface area contributed by atoms with Gasteiger partial charge in [-0.25, -0.2) is 15.4 Å². The largest absolute Gasteiger partial charge is 0.497 e. The normalized spacial score (nSPS) is 13.9. The number of methoxy groups -OCH3 is 2. The second kappa shape index (κ2) is 12.9. The molecule has 1 aromatic heterocycles. The van der Waals surface area contributed by atoms with E-state index in [9.17, 15) is 4.79 Å². The summed E-state index contributed by atoms with van der Waals surface area (Å²) in [5.41, 5.74) is 5.38. The number of amides is 1. The Balaban J connectivity index is 1.63. The number of aromatic nitrogens is 2. The van der Waals surface area contributed by atoms with Gasteiger partial charge in [0, 0.05) is 50.3 Å². The molecule has 10 nitrogen and oxygen atoms in total. The Morgan fingerprint density at radius 2 is 1.69 bits per heavy atom. The molecule has 1 aliphatic heterocycles. The molecule has 1 amide bonds. The number of hydroxylamine groups is 1. The zero-order chi connectivity index (χ0) is 27.9. The van der Waals surface area contributed by atoms with E-state index in [-0.39, 0.29) is 5.91 Å². The van der Waals surface area contributed by atoms with E-state index in [0.29, 0.717) is 36.8 Å². The molecule has 0 bridgehead atoms. The first kappa shape index (κ1) is 28.4. The molecule has 2 heterocycles. The first-order valence-electron chi connectivity index (χ1n) is 13.4. The van der Waals surface area contributed by atoms with Crippen molar-refractivity contribution in [3.05, 3.63) is 35.4 Å². The fraction of sp³-hybridized carbons (Fsp3) is 0.483. The number of piperazine rings is 1. The van der Waals surface area contributed by atoms with Gasteiger partial charge in [0.25, 0.3) is 0 Å². The third-order valence-corrected chi connectivity index (χ3v) is 7.11. The zero-order valence-electron chi connectivity index (χ0n) is 23.5. The number of ether oxygens (including phenoxy) is 3. The molecular weight excluding hydrogens is 498 g/mol. The van der Waals surface area contributed by atoms with Crippen LogP contribution in [0.3, 0.4) is 0 Å². The third kappa shape index (κ3) is 6.69. The lowest BCUT2D eigenvalue weighted by molar-refractivity contribution is -0.129. The highest BCUT2D eigenvalue weighted by molar-refractivity contribution is 5.97. The molecule has 3 aromatic rings. The fourth-order valence-corrected chi connectivity index (χ4v) is 4.94. The molecule has 1 aliphatic rings. The van der Waals surface area contributed by atoms with Crippen molar-refractivity contribution in [2.75, 3.05) is 59.0 Å². The van der Waals surface area contributed by atoms with Crippen molar-refractivity contribution in [2.24, 2.45) is 0 Å². The van der Waals surface area contributed by atoms with Crippen molar-refractivity contribution < 1.29 is 24.2 Å². The minimum atomic E-state index is -0.359. The van der Waals surface area contributed by atoms with Crippen LogP contribution in [0.1, 0.15) is 36.8 Å². The fourth-order valence-electron chi connectivity index (χ4n) is 4.94. The molecule has 0 unspecified atom stereocenters. The van der Waals surface area contributed by atoms with E-state index in [1.165, 1.54) is 0 Å². The number of nitrogens with zero attached hydrogens (tertiary/aromatic N) is 4. The Morgan fingerprint density at radius 3 is 2.33 bits per heavy atom. The van der Waals surface area contributed by atoms with Crippen LogP contribution in [-0.4, -0.2) is 80.0 Å². The molecule has 39 heavy (non-hydrogen) atoms. The number of aryl methyl sites for hydroxylation is 2. The van der Waals surface area contributed by atoms with Gasteiger partial charge in [-0.2, -0.15) is 0 Å². The highest BCUT2D eigenvalue weighted by atomic mass is 16.5. The molecule has 210 valence electrons. The van der Waals surface area contributed by atoms with E-state index in [1.54, 1.807) is 19.7 Å². The molecule has 0 aliphatic carbocycles. The average molecular weight is 538 g/mol. The molecular formula is C29H39N5O5. The lowest BCUT2D eigenvalue weighted by Crippen LogP contribution is -2.45. The van der Waals surface area contributed by atoms with E-state index in [4.69, 9.17) is 29.4 Å². The van der Waals surface area contributed by atoms with Gasteiger partial charge in [-0.15, -0.1) is 0 Å². The van der Waals surface area contributed by atoms with E-state index < -0.39 is 0 Å². The van der Waals surface area contributed by atoms with Gasteiger partial charge in [-0.3, -0.25) is 10.0 Å². The monoisotopic (exact) mass is 537 g/mol. The van der Waals surface area contributed by atoms with Crippen LogP contribution >= 0.6 is 0 Å². The molecule has 2 aromatic carbocycles. The molecule has 4 rings (SSSR count). The van der Waals surface area contributed by atoms with E-state index in [2.05, 4.69) is 29.0 Å². The van der Waals surface area contributed by atoms with Crippen LogP contribution in [0.25, 0.3) is 22.3 Å². The van der Waals surface area contributed by atoms with Crippen molar-refractivity contribution in [1.82, 2.24) is 20.3 Å². The topological polar surface area (TPSA) is 109 Å².